The first-order valence-corrected chi connectivity index (χ1v) is 19.9. The van der Waals surface area contributed by atoms with Crippen LogP contribution in [0.1, 0.15) is 11.4 Å². The highest BCUT2D eigenvalue weighted by molar-refractivity contribution is 6.42. The maximum atomic E-state index is 9.80. The van der Waals surface area contributed by atoms with Gasteiger partial charge in [0.1, 0.15) is 29.2 Å². The molecular formula is C39H24Cl9N7O6. The lowest BCUT2D eigenvalue weighted by Crippen LogP contribution is -1.90. The van der Waals surface area contributed by atoms with Crippen LogP contribution in [0.4, 0.5) is 5.69 Å². The summed E-state index contributed by atoms with van der Waals surface area (Å²) in [5, 5.41) is 58.7. The second-order valence-corrected chi connectivity index (χ2v) is 15.6. The Bertz CT molecular complexity index is 2920. The van der Waals surface area contributed by atoms with Gasteiger partial charge in [-0.15, -0.1) is 0 Å². The van der Waals surface area contributed by atoms with E-state index in [4.69, 9.17) is 115 Å². The van der Waals surface area contributed by atoms with Gasteiger partial charge in [0.25, 0.3) is 0 Å². The van der Waals surface area contributed by atoms with E-state index in [9.17, 15) is 20.4 Å². The zero-order chi connectivity index (χ0) is 44.7. The predicted octanol–water partition coefficient (Wildman–Crippen LogP) is 13.0. The Labute approximate surface area is 389 Å². The first-order chi connectivity index (χ1) is 28.9. The highest BCUT2D eigenvalue weighted by atomic mass is 35.5. The largest absolute Gasteiger partial charge is 0.504 e. The fraction of sp³-hybridized carbons (Fsp3) is 0.0256. The summed E-state index contributed by atoms with van der Waals surface area (Å²) < 4.78 is 0. The van der Waals surface area contributed by atoms with Crippen molar-refractivity contribution >= 4 is 166 Å². The van der Waals surface area contributed by atoms with Crippen molar-refractivity contribution in [2.24, 2.45) is 10.3 Å². The van der Waals surface area contributed by atoms with Crippen molar-refractivity contribution in [1.82, 2.24) is 19.9 Å². The molecule has 61 heavy (non-hydrogen) atoms. The highest BCUT2D eigenvalue weighted by Crippen LogP contribution is 2.39. The number of rotatable bonds is 3. The number of phenols is 4. The van der Waals surface area contributed by atoms with E-state index < -0.39 is 0 Å². The third-order valence-electron chi connectivity index (χ3n) is 7.92. The SMILES string of the molecule is CO/N=C/c1ccc2c(Cl)cc(Cl)c(O)c2n1.Nc1cnc2c(O)c(Cl)cc(Cl)c2c1.O/N=C/c1ccc2c(Cl)cc(Cl)c(O)c2n1.Oc1c(Cl)cc(Cl)c2cc(Cl)cnc12. The fourth-order valence-electron chi connectivity index (χ4n) is 5.15. The third-order valence-corrected chi connectivity index (χ3v) is 10.5. The van der Waals surface area contributed by atoms with Crippen molar-refractivity contribution in [2.75, 3.05) is 12.8 Å². The number of oxime groups is 2. The van der Waals surface area contributed by atoms with Gasteiger partial charge in [-0.1, -0.05) is 115 Å². The summed E-state index contributed by atoms with van der Waals surface area (Å²) in [6.07, 6.45) is 5.44. The molecule has 314 valence electrons. The van der Waals surface area contributed by atoms with Crippen LogP contribution in [0.5, 0.6) is 23.0 Å². The molecule has 7 N–H and O–H groups in total. The number of phenolic OH excluding ortho intramolecular Hbond substituents is 4. The van der Waals surface area contributed by atoms with Gasteiger partial charge >= 0.3 is 0 Å². The first kappa shape index (κ1) is 47.1. The molecule has 0 fully saturated rings. The van der Waals surface area contributed by atoms with Gasteiger partial charge in [0.2, 0.25) is 0 Å². The molecule has 8 rings (SSSR count). The van der Waals surface area contributed by atoms with Gasteiger partial charge in [-0.25, -0.2) is 9.97 Å². The molecule has 0 aliphatic heterocycles. The van der Waals surface area contributed by atoms with Gasteiger partial charge < -0.3 is 36.2 Å². The monoisotopic (exact) mass is 1000 g/mol. The number of aromatic nitrogens is 4. The van der Waals surface area contributed by atoms with E-state index in [0.717, 1.165) is 6.21 Å². The molecule has 0 saturated carbocycles. The lowest BCUT2D eigenvalue weighted by molar-refractivity contribution is 0.215. The maximum absolute atomic E-state index is 9.80. The average molecular weight is 1010 g/mol. The van der Waals surface area contributed by atoms with Crippen molar-refractivity contribution < 1.29 is 30.5 Å². The summed E-state index contributed by atoms with van der Waals surface area (Å²) in [4.78, 5) is 20.7. The van der Waals surface area contributed by atoms with Crippen LogP contribution in [0, 0.1) is 0 Å². The van der Waals surface area contributed by atoms with Crippen LogP contribution in [0.2, 0.25) is 45.2 Å². The van der Waals surface area contributed by atoms with Gasteiger partial charge in [0.05, 0.1) is 80.9 Å². The summed E-state index contributed by atoms with van der Waals surface area (Å²) in [7, 11) is 1.43. The summed E-state index contributed by atoms with van der Waals surface area (Å²) in [6, 6.07) is 15.8. The Morgan fingerprint density at radius 1 is 0.508 bits per heavy atom. The Balaban J connectivity index is 0.000000154. The Kier molecular flexibility index (Phi) is 16.0. The number of nitrogens with two attached hydrogens (primary N) is 1. The van der Waals surface area contributed by atoms with E-state index in [1.165, 1.54) is 50.0 Å². The van der Waals surface area contributed by atoms with Crippen LogP contribution in [0.3, 0.4) is 0 Å². The van der Waals surface area contributed by atoms with Crippen LogP contribution in [0.15, 0.2) is 83.4 Å². The van der Waals surface area contributed by atoms with E-state index >= 15 is 0 Å². The minimum absolute atomic E-state index is 0.0777. The normalized spacial score (nSPS) is 11.0. The quantitative estimate of drug-likeness (QED) is 0.0556. The summed E-state index contributed by atoms with van der Waals surface area (Å²) in [5.74, 6) is -0.401. The fourth-order valence-corrected chi connectivity index (χ4v) is 7.35. The molecule has 0 spiro atoms. The third kappa shape index (κ3) is 11.1. The molecular weight excluding hydrogens is 982 g/mol. The molecule has 0 bridgehead atoms. The van der Waals surface area contributed by atoms with Gasteiger partial charge in [0, 0.05) is 27.7 Å². The van der Waals surface area contributed by atoms with Crippen LogP contribution < -0.4 is 5.73 Å². The minimum Gasteiger partial charge on any atom is -0.504 e. The van der Waals surface area contributed by atoms with Gasteiger partial charge in [-0.2, -0.15) is 0 Å². The molecule has 4 aromatic carbocycles. The molecule has 8 aromatic rings. The Morgan fingerprint density at radius 2 is 0.902 bits per heavy atom. The number of hydrogen-bond donors (Lipinski definition) is 6. The van der Waals surface area contributed by atoms with E-state index in [-0.39, 0.29) is 48.6 Å². The number of anilines is 1. The molecule has 22 heteroatoms. The number of pyridine rings is 4. The summed E-state index contributed by atoms with van der Waals surface area (Å²) >= 11 is 52.6. The van der Waals surface area contributed by atoms with Crippen LogP contribution >= 0.6 is 104 Å². The molecule has 0 atom stereocenters. The second-order valence-electron chi connectivity index (χ2n) is 11.9. The van der Waals surface area contributed by atoms with Crippen molar-refractivity contribution in [3.8, 4) is 23.0 Å². The molecule has 0 radical (unpaired) electrons. The number of nitrogens with zero attached hydrogens (tertiary/aromatic N) is 6. The van der Waals surface area contributed by atoms with Crippen LogP contribution in [-0.2, 0) is 4.84 Å². The zero-order valence-corrected chi connectivity index (χ0v) is 37.2. The summed E-state index contributed by atoms with van der Waals surface area (Å²) in [5.41, 5.74) is 8.28. The zero-order valence-electron chi connectivity index (χ0n) is 30.4. The lowest BCUT2D eigenvalue weighted by Gasteiger charge is -2.05. The van der Waals surface area contributed by atoms with Crippen molar-refractivity contribution in [2.45, 2.75) is 0 Å². The van der Waals surface area contributed by atoms with E-state index in [1.807, 2.05) is 0 Å². The van der Waals surface area contributed by atoms with Crippen molar-refractivity contribution in [3.05, 3.63) is 130 Å². The van der Waals surface area contributed by atoms with Crippen LogP contribution in [-0.4, -0.2) is 65.1 Å². The van der Waals surface area contributed by atoms with Crippen LogP contribution in [0.25, 0.3) is 43.6 Å². The molecule has 0 aliphatic rings. The Morgan fingerprint density at radius 3 is 1.34 bits per heavy atom. The maximum Gasteiger partial charge on any atom is 0.160 e. The number of hydrogen-bond acceptors (Lipinski definition) is 13. The molecule has 4 heterocycles. The number of benzene rings is 4. The molecule has 4 aromatic heterocycles. The second kappa shape index (κ2) is 20.8. The molecule has 0 unspecified atom stereocenters. The van der Waals surface area contributed by atoms with E-state index in [1.54, 1.807) is 36.4 Å². The highest BCUT2D eigenvalue weighted by Gasteiger charge is 2.14. The minimum atomic E-state index is -0.144. The Hall–Kier alpha value is -4.93. The average Bonchev–Trinajstić information content (AvgIpc) is 3.23. The molecule has 13 nitrogen and oxygen atoms in total. The molecule has 0 amide bonds. The number of halogens is 9. The van der Waals surface area contributed by atoms with E-state index in [2.05, 4.69) is 35.1 Å². The number of aromatic hydroxyl groups is 4. The van der Waals surface area contributed by atoms with Crippen molar-refractivity contribution in [1.29, 1.82) is 0 Å². The number of nitrogen functional groups attached to an aromatic ring is 1. The van der Waals surface area contributed by atoms with E-state index in [0.29, 0.717) is 80.3 Å². The van der Waals surface area contributed by atoms with Gasteiger partial charge in [-0.3, -0.25) is 9.97 Å². The lowest BCUT2D eigenvalue weighted by atomic mass is 10.2. The summed E-state index contributed by atoms with van der Waals surface area (Å²) in [6.45, 7) is 0. The molecule has 0 aliphatic carbocycles. The standard InChI is InChI=1S/C11H8Cl2N2O2.C10H6Cl2N2O2.C9H4Cl3NO.C9H6Cl2N2O/c1-17-14-5-6-2-3-7-8(12)4-9(13)11(16)10(7)15-6;11-7-3-8(12)10(15)9-6(7)2-1-5(14-9)4-13-16;10-4-1-5-6(11)2-7(12)9(14)8(5)13-3-4;10-6-2-7(11)9(14)8-5(6)1-4(12)3-13-8/h2-5,16H,1H3;1-4,15-16H;1-3,14H;1-3,14H,12H2/b14-5+;13-4+;;. The predicted molar refractivity (Wildman–Crippen MR) is 247 cm³/mol. The molecule has 0 saturated heterocycles. The van der Waals surface area contributed by atoms with Gasteiger partial charge in [-0.05, 0) is 60.7 Å². The number of fused-ring (bicyclic) bond motifs is 4. The smallest absolute Gasteiger partial charge is 0.160 e. The first-order valence-electron chi connectivity index (χ1n) is 16.5. The van der Waals surface area contributed by atoms with Crippen molar-refractivity contribution in [3.63, 3.8) is 0 Å². The topological polar surface area (TPSA) is 213 Å². The van der Waals surface area contributed by atoms with Gasteiger partial charge in [0.15, 0.2) is 23.0 Å².